The van der Waals surface area contributed by atoms with Crippen molar-refractivity contribution in [2.45, 2.75) is 19.9 Å². The van der Waals surface area contributed by atoms with Crippen LogP contribution in [0, 0.1) is 16.0 Å². The van der Waals surface area contributed by atoms with Gasteiger partial charge in [0.25, 0.3) is 5.69 Å². The minimum Gasteiger partial charge on any atom is -0.478 e. The van der Waals surface area contributed by atoms with Crippen molar-refractivity contribution < 1.29 is 19.6 Å². The summed E-state index contributed by atoms with van der Waals surface area (Å²) in [5.41, 5.74) is 4.31. The van der Waals surface area contributed by atoms with E-state index in [9.17, 15) is 19.7 Å². The van der Waals surface area contributed by atoms with Gasteiger partial charge in [0.15, 0.2) is 0 Å². The SMILES string of the molecule is CC(C)C(Nc1c(Cl)cc([N+](=O)[O-])cc1C(=O)O)C(N)=O. The molecule has 0 aliphatic rings. The van der Waals surface area contributed by atoms with E-state index in [0.717, 1.165) is 12.1 Å². The minimum absolute atomic E-state index is 0.0766. The van der Waals surface area contributed by atoms with Crippen LogP contribution in [0.15, 0.2) is 12.1 Å². The zero-order valence-electron chi connectivity index (χ0n) is 11.3. The fourth-order valence-electron chi connectivity index (χ4n) is 1.73. The number of aromatic carboxylic acids is 1. The lowest BCUT2D eigenvalue weighted by Gasteiger charge is -2.22. The molecule has 1 atom stereocenters. The van der Waals surface area contributed by atoms with Gasteiger partial charge in [0, 0.05) is 12.1 Å². The highest BCUT2D eigenvalue weighted by atomic mass is 35.5. The van der Waals surface area contributed by atoms with Gasteiger partial charge in [-0.1, -0.05) is 25.4 Å². The first-order chi connectivity index (χ1) is 9.65. The maximum absolute atomic E-state index is 11.4. The molecule has 1 rings (SSSR count). The number of hydrogen-bond acceptors (Lipinski definition) is 5. The Labute approximate surface area is 125 Å². The predicted octanol–water partition coefficient (Wildman–Crippen LogP) is 1.87. The number of primary amides is 1. The minimum atomic E-state index is -1.41. The molecule has 0 saturated heterocycles. The van der Waals surface area contributed by atoms with E-state index in [1.54, 1.807) is 13.8 Å². The lowest BCUT2D eigenvalue weighted by Crippen LogP contribution is -2.40. The van der Waals surface area contributed by atoms with E-state index in [0.29, 0.717) is 0 Å². The van der Waals surface area contributed by atoms with E-state index >= 15 is 0 Å². The van der Waals surface area contributed by atoms with E-state index in [-0.39, 0.29) is 16.6 Å². The predicted molar refractivity (Wildman–Crippen MR) is 76.5 cm³/mol. The van der Waals surface area contributed by atoms with Crippen LogP contribution >= 0.6 is 11.6 Å². The molecule has 1 unspecified atom stereocenters. The lowest BCUT2D eigenvalue weighted by atomic mass is 10.0. The largest absolute Gasteiger partial charge is 0.478 e. The van der Waals surface area contributed by atoms with Crippen LogP contribution in [0.25, 0.3) is 0 Å². The van der Waals surface area contributed by atoms with Crippen molar-refractivity contribution >= 4 is 34.9 Å². The van der Waals surface area contributed by atoms with Gasteiger partial charge in [0.1, 0.15) is 6.04 Å². The standard InChI is InChI=1S/C12H14ClN3O5/c1-5(2)9(11(14)17)15-10-7(12(18)19)3-6(16(20)21)4-8(10)13/h3-5,9,15H,1-2H3,(H2,14,17)(H,18,19). The van der Waals surface area contributed by atoms with Gasteiger partial charge in [-0.15, -0.1) is 0 Å². The molecule has 0 aliphatic heterocycles. The number of rotatable bonds is 6. The summed E-state index contributed by atoms with van der Waals surface area (Å²) in [5.74, 6) is -2.32. The second kappa shape index (κ2) is 6.40. The van der Waals surface area contributed by atoms with Crippen LogP contribution in [-0.2, 0) is 4.79 Å². The van der Waals surface area contributed by atoms with Crippen molar-refractivity contribution in [1.29, 1.82) is 0 Å². The molecule has 9 heteroatoms. The summed E-state index contributed by atoms with van der Waals surface area (Å²) in [6.07, 6.45) is 0. The highest BCUT2D eigenvalue weighted by molar-refractivity contribution is 6.34. The summed E-state index contributed by atoms with van der Waals surface area (Å²) in [4.78, 5) is 32.6. The number of benzene rings is 1. The molecule has 0 bridgehead atoms. The molecular formula is C12H14ClN3O5. The monoisotopic (exact) mass is 315 g/mol. The molecule has 1 aromatic rings. The van der Waals surface area contributed by atoms with Crippen LogP contribution in [-0.4, -0.2) is 27.9 Å². The summed E-state index contributed by atoms with van der Waals surface area (Å²) in [7, 11) is 0. The third-order valence-corrected chi connectivity index (χ3v) is 3.09. The smallest absolute Gasteiger partial charge is 0.338 e. The normalized spacial score (nSPS) is 12.0. The highest BCUT2D eigenvalue weighted by Gasteiger charge is 2.25. The van der Waals surface area contributed by atoms with Crippen LogP contribution in [0.1, 0.15) is 24.2 Å². The van der Waals surface area contributed by atoms with E-state index in [2.05, 4.69) is 5.32 Å². The number of carboxylic acids is 1. The maximum atomic E-state index is 11.4. The number of nitro groups is 1. The topological polar surface area (TPSA) is 136 Å². The molecule has 0 heterocycles. The van der Waals surface area contributed by atoms with Crippen molar-refractivity contribution in [3.63, 3.8) is 0 Å². The Kier molecular flexibility index (Phi) is 5.09. The number of nitro benzene ring substituents is 1. The third-order valence-electron chi connectivity index (χ3n) is 2.79. The molecule has 0 radical (unpaired) electrons. The molecule has 0 fully saturated rings. The zero-order chi connectivity index (χ0) is 16.3. The average Bonchev–Trinajstić information content (AvgIpc) is 2.34. The number of nitrogens with two attached hydrogens (primary N) is 1. The molecule has 0 spiro atoms. The molecule has 1 aromatic carbocycles. The quantitative estimate of drug-likeness (QED) is 0.541. The molecule has 4 N–H and O–H groups in total. The Morgan fingerprint density at radius 2 is 2.00 bits per heavy atom. The van der Waals surface area contributed by atoms with Gasteiger partial charge in [-0.05, 0) is 5.92 Å². The van der Waals surface area contributed by atoms with Crippen LogP contribution in [0.4, 0.5) is 11.4 Å². The summed E-state index contributed by atoms with van der Waals surface area (Å²) in [6.45, 7) is 3.42. The van der Waals surface area contributed by atoms with E-state index in [4.69, 9.17) is 22.4 Å². The summed E-state index contributed by atoms with van der Waals surface area (Å²) in [5, 5.41) is 22.4. The molecule has 0 saturated carbocycles. The van der Waals surface area contributed by atoms with E-state index in [1.807, 2.05) is 0 Å². The molecule has 21 heavy (non-hydrogen) atoms. The number of hydrogen-bond donors (Lipinski definition) is 3. The maximum Gasteiger partial charge on any atom is 0.338 e. The Bertz CT molecular complexity index is 603. The van der Waals surface area contributed by atoms with Gasteiger partial charge in [0.2, 0.25) is 5.91 Å². The molecular weight excluding hydrogens is 302 g/mol. The Morgan fingerprint density at radius 3 is 2.38 bits per heavy atom. The molecule has 8 nitrogen and oxygen atoms in total. The number of carboxylic acid groups (broad SMARTS) is 1. The lowest BCUT2D eigenvalue weighted by molar-refractivity contribution is -0.384. The fourth-order valence-corrected chi connectivity index (χ4v) is 2.00. The van der Waals surface area contributed by atoms with Gasteiger partial charge in [-0.3, -0.25) is 14.9 Å². The number of non-ortho nitro benzene ring substituents is 1. The van der Waals surface area contributed by atoms with Gasteiger partial charge in [-0.25, -0.2) is 4.79 Å². The van der Waals surface area contributed by atoms with Gasteiger partial charge in [-0.2, -0.15) is 0 Å². The first kappa shape index (κ1) is 16.7. The zero-order valence-corrected chi connectivity index (χ0v) is 12.0. The van der Waals surface area contributed by atoms with Crippen molar-refractivity contribution in [3.8, 4) is 0 Å². The van der Waals surface area contributed by atoms with Gasteiger partial charge < -0.3 is 16.2 Å². The number of anilines is 1. The molecule has 0 aromatic heterocycles. The average molecular weight is 316 g/mol. The summed E-state index contributed by atoms with van der Waals surface area (Å²) in [6, 6.07) is 1.02. The number of nitrogens with zero attached hydrogens (tertiary/aromatic N) is 1. The number of halogens is 1. The van der Waals surface area contributed by atoms with Crippen LogP contribution in [0.3, 0.4) is 0 Å². The Morgan fingerprint density at radius 1 is 1.43 bits per heavy atom. The molecule has 1 amide bonds. The van der Waals surface area contributed by atoms with E-state index < -0.39 is 34.1 Å². The van der Waals surface area contributed by atoms with Crippen molar-refractivity contribution in [1.82, 2.24) is 0 Å². The Balaban J connectivity index is 3.38. The first-order valence-corrected chi connectivity index (χ1v) is 6.30. The van der Waals surface area contributed by atoms with Crippen LogP contribution in [0.5, 0.6) is 0 Å². The second-order valence-electron chi connectivity index (χ2n) is 4.68. The number of carbonyl (C=O) groups excluding carboxylic acids is 1. The van der Waals surface area contributed by atoms with Crippen LogP contribution in [0.2, 0.25) is 5.02 Å². The van der Waals surface area contributed by atoms with Crippen LogP contribution < -0.4 is 11.1 Å². The summed E-state index contributed by atoms with van der Waals surface area (Å²) < 4.78 is 0. The number of nitrogens with one attached hydrogen (secondary N) is 1. The van der Waals surface area contributed by atoms with Crippen molar-refractivity contribution in [3.05, 3.63) is 32.8 Å². The number of carbonyl (C=O) groups is 2. The molecule has 114 valence electrons. The van der Waals surface area contributed by atoms with Gasteiger partial charge >= 0.3 is 5.97 Å². The van der Waals surface area contributed by atoms with Crippen molar-refractivity contribution in [2.75, 3.05) is 5.32 Å². The third kappa shape index (κ3) is 3.82. The first-order valence-electron chi connectivity index (χ1n) is 5.92. The fraction of sp³-hybridized carbons (Fsp3) is 0.333. The van der Waals surface area contributed by atoms with Crippen molar-refractivity contribution in [2.24, 2.45) is 11.7 Å². The number of amides is 1. The molecule has 0 aliphatic carbocycles. The second-order valence-corrected chi connectivity index (χ2v) is 5.09. The Hall–Kier alpha value is -2.35. The van der Waals surface area contributed by atoms with E-state index in [1.165, 1.54) is 0 Å². The highest BCUT2D eigenvalue weighted by Crippen LogP contribution is 2.32. The van der Waals surface area contributed by atoms with Gasteiger partial charge in [0.05, 0.1) is 21.2 Å². The summed E-state index contributed by atoms with van der Waals surface area (Å²) >= 11 is 5.89.